The highest BCUT2D eigenvalue weighted by Gasteiger charge is 2.16. The van der Waals surface area contributed by atoms with E-state index < -0.39 is 5.97 Å². The molecule has 23 heavy (non-hydrogen) atoms. The number of nitriles is 1. The summed E-state index contributed by atoms with van der Waals surface area (Å²) in [6, 6.07) is 11.6. The van der Waals surface area contributed by atoms with Crippen molar-refractivity contribution in [2.75, 3.05) is 6.61 Å². The van der Waals surface area contributed by atoms with E-state index in [1.54, 1.807) is 18.5 Å². The van der Waals surface area contributed by atoms with Crippen molar-refractivity contribution in [3.8, 4) is 22.5 Å². The summed E-state index contributed by atoms with van der Waals surface area (Å²) in [5.74, 6) is -0.467. The first kappa shape index (κ1) is 14.9. The molecule has 2 aromatic heterocycles. The normalized spacial score (nSPS) is 10.3. The average Bonchev–Trinajstić information content (AvgIpc) is 3.22. The maximum atomic E-state index is 11.7. The molecule has 3 aromatic rings. The summed E-state index contributed by atoms with van der Waals surface area (Å²) in [5, 5.41) is 15.9. The fourth-order valence-electron chi connectivity index (χ4n) is 2.03. The van der Waals surface area contributed by atoms with E-state index in [0.29, 0.717) is 23.0 Å². The minimum absolute atomic E-state index is 0.238. The molecule has 0 N–H and O–H groups in total. The van der Waals surface area contributed by atoms with Gasteiger partial charge in [0.2, 0.25) is 5.13 Å². The predicted molar refractivity (Wildman–Crippen MR) is 85.3 cm³/mol. The standard InChI is InChI=1S/C16H12N4O2S/c1-2-22-15(21)13-10-23-16(18-13)20-9-12(8-17)14(19-20)11-6-4-3-5-7-11/h3-7,9-10H,2H2,1H3. The van der Waals surface area contributed by atoms with Crippen LogP contribution >= 0.6 is 11.3 Å². The van der Waals surface area contributed by atoms with Crippen LogP contribution in [0.3, 0.4) is 0 Å². The van der Waals surface area contributed by atoms with Crippen molar-refractivity contribution in [3.63, 3.8) is 0 Å². The number of ether oxygens (including phenoxy) is 1. The van der Waals surface area contributed by atoms with Crippen LogP contribution in [0.15, 0.2) is 41.9 Å². The summed E-state index contributed by atoms with van der Waals surface area (Å²) < 4.78 is 6.43. The number of carbonyl (C=O) groups excluding carboxylic acids is 1. The van der Waals surface area contributed by atoms with Gasteiger partial charge in [-0.2, -0.15) is 10.4 Å². The minimum Gasteiger partial charge on any atom is -0.461 e. The molecule has 0 fully saturated rings. The van der Waals surface area contributed by atoms with Gasteiger partial charge in [0, 0.05) is 10.9 Å². The van der Waals surface area contributed by atoms with Crippen LogP contribution in [0.5, 0.6) is 0 Å². The average molecular weight is 324 g/mol. The summed E-state index contributed by atoms with van der Waals surface area (Å²) >= 11 is 1.26. The van der Waals surface area contributed by atoms with E-state index in [1.807, 2.05) is 30.3 Å². The number of rotatable bonds is 4. The smallest absolute Gasteiger partial charge is 0.357 e. The van der Waals surface area contributed by atoms with Gasteiger partial charge in [-0.3, -0.25) is 0 Å². The van der Waals surface area contributed by atoms with Crippen LogP contribution in [-0.4, -0.2) is 27.3 Å². The van der Waals surface area contributed by atoms with Gasteiger partial charge in [0.05, 0.1) is 18.4 Å². The number of nitrogens with zero attached hydrogens (tertiary/aromatic N) is 4. The van der Waals surface area contributed by atoms with E-state index in [0.717, 1.165) is 5.56 Å². The van der Waals surface area contributed by atoms with Gasteiger partial charge < -0.3 is 4.74 Å². The number of hydrogen-bond acceptors (Lipinski definition) is 6. The molecular weight excluding hydrogens is 312 g/mol. The van der Waals surface area contributed by atoms with Crippen LogP contribution in [0.25, 0.3) is 16.4 Å². The van der Waals surface area contributed by atoms with Crippen LogP contribution in [-0.2, 0) is 4.74 Å². The Balaban J connectivity index is 1.98. The summed E-state index contributed by atoms with van der Waals surface area (Å²) in [7, 11) is 0. The van der Waals surface area contributed by atoms with Crippen LogP contribution in [0, 0.1) is 11.3 Å². The topological polar surface area (TPSA) is 80.8 Å². The van der Waals surface area contributed by atoms with Gasteiger partial charge in [0.15, 0.2) is 5.69 Å². The van der Waals surface area contributed by atoms with Crippen molar-refractivity contribution in [1.29, 1.82) is 5.26 Å². The Morgan fingerprint density at radius 1 is 1.39 bits per heavy atom. The first-order chi connectivity index (χ1) is 11.2. The van der Waals surface area contributed by atoms with Crippen molar-refractivity contribution in [3.05, 3.63) is 53.2 Å². The van der Waals surface area contributed by atoms with Crippen molar-refractivity contribution in [1.82, 2.24) is 14.8 Å². The molecule has 0 aliphatic carbocycles. The lowest BCUT2D eigenvalue weighted by atomic mass is 10.1. The Hall–Kier alpha value is -2.98. The molecule has 0 saturated heterocycles. The van der Waals surface area contributed by atoms with Gasteiger partial charge in [-0.25, -0.2) is 14.5 Å². The SMILES string of the molecule is CCOC(=O)c1csc(-n2cc(C#N)c(-c3ccccc3)n2)n1. The molecule has 2 heterocycles. The zero-order valence-electron chi connectivity index (χ0n) is 12.3. The van der Waals surface area contributed by atoms with Gasteiger partial charge in [-0.15, -0.1) is 11.3 Å². The second kappa shape index (κ2) is 6.42. The number of thiazole rings is 1. The van der Waals surface area contributed by atoms with Gasteiger partial charge in [-0.1, -0.05) is 30.3 Å². The first-order valence-corrected chi connectivity index (χ1v) is 7.79. The molecule has 0 aliphatic rings. The summed E-state index contributed by atoms with van der Waals surface area (Å²) in [4.78, 5) is 15.9. The summed E-state index contributed by atoms with van der Waals surface area (Å²) in [6.45, 7) is 2.04. The summed E-state index contributed by atoms with van der Waals surface area (Å²) in [5.41, 5.74) is 2.12. The first-order valence-electron chi connectivity index (χ1n) is 6.91. The summed E-state index contributed by atoms with van der Waals surface area (Å²) in [6.07, 6.45) is 1.61. The maximum Gasteiger partial charge on any atom is 0.357 e. The molecule has 1 aromatic carbocycles. The maximum absolute atomic E-state index is 11.7. The third-order valence-electron chi connectivity index (χ3n) is 3.05. The Morgan fingerprint density at radius 3 is 2.87 bits per heavy atom. The van der Waals surface area contributed by atoms with Crippen molar-refractivity contribution in [2.24, 2.45) is 0 Å². The third-order valence-corrected chi connectivity index (χ3v) is 3.88. The van der Waals surface area contributed by atoms with Crippen molar-refractivity contribution < 1.29 is 9.53 Å². The lowest BCUT2D eigenvalue weighted by molar-refractivity contribution is 0.0520. The molecule has 114 valence electrons. The van der Waals surface area contributed by atoms with Gasteiger partial charge in [-0.05, 0) is 6.92 Å². The van der Waals surface area contributed by atoms with E-state index in [4.69, 9.17) is 4.74 Å². The Labute approximate surface area is 136 Å². The van der Waals surface area contributed by atoms with E-state index in [1.165, 1.54) is 16.0 Å². The monoisotopic (exact) mass is 324 g/mol. The Bertz CT molecular complexity index is 877. The lowest BCUT2D eigenvalue weighted by Gasteiger charge is -1.97. The molecule has 7 heteroatoms. The van der Waals surface area contributed by atoms with E-state index >= 15 is 0 Å². The van der Waals surface area contributed by atoms with Gasteiger partial charge >= 0.3 is 5.97 Å². The van der Waals surface area contributed by atoms with Crippen LogP contribution < -0.4 is 0 Å². The molecule has 0 atom stereocenters. The third kappa shape index (κ3) is 2.98. The van der Waals surface area contributed by atoms with Gasteiger partial charge in [0.25, 0.3) is 0 Å². The van der Waals surface area contributed by atoms with Crippen molar-refractivity contribution >= 4 is 17.3 Å². The fourth-order valence-corrected chi connectivity index (χ4v) is 2.75. The van der Waals surface area contributed by atoms with Crippen molar-refractivity contribution in [2.45, 2.75) is 6.92 Å². The molecule has 3 rings (SSSR count). The Morgan fingerprint density at radius 2 is 2.17 bits per heavy atom. The Kier molecular flexibility index (Phi) is 4.17. The molecule has 0 radical (unpaired) electrons. The number of aromatic nitrogens is 3. The fraction of sp³-hybridized carbons (Fsp3) is 0.125. The van der Waals surface area contributed by atoms with E-state index in [9.17, 15) is 10.1 Å². The molecule has 6 nitrogen and oxygen atoms in total. The molecular formula is C16H12N4O2S. The van der Waals surface area contributed by atoms with Crippen LogP contribution in [0.1, 0.15) is 23.0 Å². The molecule has 0 saturated carbocycles. The minimum atomic E-state index is -0.467. The highest BCUT2D eigenvalue weighted by molar-refractivity contribution is 7.12. The number of carbonyl (C=O) groups is 1. The molecule has 0 unspecified atom stereocenters. The molecule has 0 amide bonds. The van der Waals surface area contributed by atoms with Gasteiger partial charge in [0.1, 0.15) is 11.8 Å². The lowest BCUT2D eigenvalue weighted by Crippen LogP contribution is -2.05. The zero-order valence-corrected chi connectivity index (χ0v) is 13.1. The number of esters is 1. The molecule has 0 bridgehead atoms. The molecule has 0 spiro atoms. The van der Waals surface area contributed by atoms with Crippen LogP contribution in [0.4, 0.5) is 0 Å². The largest absolute Gasteiger partial charge is 0.461 e. The highest BCUT2D eigenvalue weighted by atomic mass is 32.1. The second-order valence-corrected chi connectivity index (χ2v) is 5.39. The predicted octanol–water partition coefficient (Wildman–Crippen LogP) is 3.04. The van der Waals surface area contributed by atoms with Crippen LogP contribution in [0.2, 0.25) is 0 Å². The highest BCUT2D eigenvalue weighted by Crippen LogP contribution is 2.24. The van der Waals surface area contributed by atoms with E-state index in [-0.39, 0.29) is 5.69 Å². The quantitative estimate of drug-likeness (QED) is 0.689. The second-order valence-electron chi connectivity index (χ2n) is 4.55. The van der Waals surface area contributed by atoms with E-state index in [2.05, 4.69) is 16.2 Å². The number of hydrogen-bond donors (Lipinski definition) is 0. The number of benzene rings is 1. The zero-order chi connectivity index (χ0) is 16.2. The molecule has 0 aliphatic heterocycles.